The average molecular weight is 486 g/mol. The van der Waals surface area contributed by atoms with E-state index < -0.39 is 5.97 Å². The summed E-state index contributed by atoms with van der Waals surface area (Å²) in [5, 5.41) is 0.292. The van der Waals surface area contributed by atoms with Gasteiger partial charge in [0.05, 0.1) is 16.7 Å². The Morgan fingerprint density at radius 2 is 1.28 bits per heavy atom. The minimum absolute atomic E-state index is 0.0131. The van der Waals surface area contributed by atoms with Gasteiger partial charge in [0.1, 0.15) is 10.0 Å². The number of hydrogen-bond acceptors (Lipinski definition) is 4. The van der Waals surface area contributed by atoms with E-state index in [1.54, 1.807) is 0 Å². The second kappa shape index (κ2) is 15.2. The van der Waals surface area contributed by atoms with Crippen LogP contribution in [-0.4, -0.2) is 18.5 Å². The number of carbonyl (C=O) groups is 2. The summed E-state index contributed by atoms with van der Waals surface area (Å²) in [5.74, 6) is -0.973. The Morgan fingerprint density at radius 1 is 0.759 bits per heavy atom. The van der Waals surface area contributed by atoms with Crippen molar-refractivity contribution in [2.45, 2.75) is 77.6 Å². The topological polar surface area (TPSA) is 52.6 Å². The molecule has 0 spiro atoms. The van der Waals surface area contributed by atoms with Gasteiger partial charge in [-0.25, -0.2) is 0 Å². The second-order valence-electron chi connectivity index (χ2n) is 6.82. The van der Waals surface area contributed by atoms with Crippen molar-refractivity contribution in [2.24, 2.45) is 0 Å². The van der Waals surface area contributed by atoms with Crippen molar-refractivity contribution in [3.05, 3.63) is 26.2 Å². The molecule has 0 aromatic heterocycles. The van der Waals surface area contributed by atoms with Crippen LogP contribution >= 0.6 is 46.4 Å². The molecule has 0 aliphatic heterocycles. The van der Waals surface area contributed by atoms with Crippen molar-refractivity contribution in [2.75, 3.05) is 6.61 Å². The van der Waals surface area contributed by atoms with Crippen molar-refractivity contribution < 1.29 is 19.1 Å². The first-order valence-electron chi connectivity index (χ1n) is 10.1. The molecule has 0 atom stereocenters. The molecule has 0 aliphatic carbocycles. The van der Waals surface area contributed by atoms with Gasteiger partial charge in [0, 0.05) is 12.8 Å². The van der Waals surface area contributed by atoms with Gasteiger partial charge in [-0.1, -0.05) is 98.3 Å². The van der Waals surface area contributed by atoms with Gasteiger partial charge >= 0.3 is 11.9 Å². The number of rotatable bonds is 14. The molecule has 29 heavy (non-hydrogen) atoms. The lowest BCUT2D eigenvalue weighted by atomic mass is 10.1. The monoisotopic (exact) mass is 484 g/mol. The van der Waals surface area contributed by atoms with Crippen molar-refractivity contribution in [1.82, 2.24) is 0 Å². The molecular formula is C21H28Cl4O4. The number of benzene rings is 1. The van der Waals surface area contributed by atoms with Gasteiger partial charge in [-0.3, -0.25) is 9.59 Å². The Morgan fingerprint density at radius 3 is 1.86 bits per heavy atom. The van der Waals surface area contributed by atoms with E-state index >= 15 is 0 Å². The Bertz CT molecular complexity index is 638. The summed E-state index contributed by atoms with van der Waals surface area (Å²) in [6, 6.07) is 1.37. The van der Waals surface area contributed by atoms with E-state index in [2.05, 4.69) is 6.92 Å². The quantitative estimate of drug-likeness (QED) is 0.116. The molecule has 164 valence electrons. The van der Waals surface area contributed by atoms with Gasteiger partial charge in [0.2, 0.25) is 0 Å². The van der Waals surface area contributed by atoms with Gasteiger partial charge in [-0.2, -0.15) is 0 Å². The third kappa shape index (κ3) is 10.8. The highest BCUT2D eigenvalue weighted by Gasteiger charge is 2.18. The summed E-state index contributed by atoms with van der Waals surface area (Å²) in [4.78, 5) is 23.7. The molecular weight excluding hydrogens is 458 g/mol. The average Bonchev–Trinajstić information content (AvgIpc) is 2.68. The molecule has 0 N–H and O–H groups in total. The highest BCUT2D eigenvalue weighted by molar-refractivity contribution is 6.48. The predicted octanol–water partition coefficient (Wildman–Crippen LogP) is 8.06. The summed E-state index contributed by atoms with van der Waals surface area (Å²) in [6.45, 7) is 2.63. The van der Waals surface area contributed by atoms with Crippen molar-refractivity contribution >= 4 is 58.3 Å². The lowest BCUT2D eigenvalue weighted by molar-refractivity contribution is -0.144. The highest BCUT2D eigenvalue weighted by Crippen LogP contribution is 2.42. The first-order chi connectivity index (χ1) is 13.9. The van der Waals surface area contributed by atoms with Crippen LogP contribution in [-0.2, 0) is 14.3 Å². The zero-order valence-corrected chi connectivity index (χ0v) is 19.7. The smallest absolute Gasteiger partial charge is 0.311 e. The van der Waals surface area contributed by atoms with E-state index in [0.29, 0.717) is 13.0 Å². The van der Waals surface area contributed by atoms with E-state index in [9.17, 15) is 9.59 Å². The maximum Gasteiger partial charge on any atom is 0.311 e. The summed E-state index contributed by atoms with van der Waals surface area (Å²) in [6.07, 6.45) is 9.95. The maximum atomic E-state index is 12.0. The molecule has 8 heteroatoms. The van der Waals surface area contributed by atoms with Crippen molar-refractivity contribution in [3.63, 3.8) is 0 Å². The van der Waals surface area contributed by atoms with E-state index in [1.165, 1.54) is 44.6 Å². The first kappa shape index (κ1) is 26.4. The van der Waals surface area contributed by atoms with Crippen LogP contribution < -0.4 is 4.74 Å². The van der Waals surface area contributed by atoms with Crippen molar-refractivity contribution in [1.29, 1.82) is 0 Å². The zero-order chi connectivity index (χ0) is 21.6. The van der Waals surface area contributed by atoms with E-state index in [-0.39, 0.29) is 44.7 Å². The number of hydrogen-bond donors (Lipinski definition) is 0. The number of halogens is 4. The fraction of sp³-hybridized carbons (Fsp3) is 0.619. The number of unbranched alkanes of at least 4 members (excludes halogenated alkanes) is 7. The SMILES string of the molecule is CCCCCCCCCCOC(=O)CCCC(=O)Oc1c(Cl)c(Cl)cc(Cl)c1Cl. The number of carbonyl (C=O) groups excluding carboxylic acids is 2. The molecule has 0 unspecified atom stereocenters. The molecule has 0 radical (unpaired) electrons. The summed E-state index contributed by atoms with van der Waals surface area (Å²) in [5.41, 5.74) is 0. The van der Waals surface area contributed by atoms with Crippen LogP contribution in [0.5, 0.6) is 5.75 Å². The fourth-order valence-electron chi connectivity index (χ4n) is 2.68. The van der Waals surface area contributed by atoms with E-state index in [4.69, 9.17) is 55.9 Å². The lowest BCUT2D eigenvalue weighted by Crippen LogP contribution is -2.11. The Balaban J connectivity index is 2.16. The van der Waals surface area contributed by atoms with Gasteiger partial charge in [0.15, 0.2) is 5.75 Å². The summed E-state index contributed by atoms with van der Waals surface area (Å²) in [7, 11) is 0. The van der Waals surface area contributed by atoms with E-state index in [1.807, 2.05) is 0 Å². The van der Waals surface area contributed by atoms with E-state index in [0.717, 1.165) is 12.8 Å². The summed E-state index contributed by atoms with van der Waals surface area (Å²) >= 11 is 23.8. The van der Waals surface area contributed by atoms with Crippen LogP contribution in [0.3, 0.4) is 0 Å². The first-order valence-corrected chi connectivity index (χ1v) is 11.6. The van der Waals surface area contributed by atoms with Crippen LogP contribution in [0.2, 0.25) is 20.1 Å². The molecule has 0 aliphatic rings. The second-order valence-corrected chi connectivity index (χ2v) is 8.39. The summed E-state index contributed by atoms with van der Waals surface area (Å²) < 4.78 is 10.3. The molecule has 0 fully saturated rings. The minimum Gasteiger partial charge on any atom is -0.466 e. The zero-order valence-electron chi connectivity index (χ0n) is 16.7. The third-order valence-corrected chi connectivity index (χ3v) is 5.85. The number of ether oxygens (including phenoxy) is 2. The Hall–Kier alpha value is -0.680. The maximum absolute atomic E-state index is 12.0. The molecule has 0 saturated heterocycles. The number of esters is 2. The lowest BCUT2D eigenvalue weighted by Gasteiger charge is -2.10. The molecule has 1 rings (SSSR count). The largest absolute Gasteiger partial charge is 0.466 e. The van der Waals surface area contributed by atoms with Crippen LogP contribution in [0, 0.1) is 0 Å². The molecule has 0 heterocycles. The fourth-order valence-corrected chi connectivity index (χ4v) is 3.55. The Kier molecular flexibility index (Phi) is 13.8. The van der Waals surface area contributed by atoms with Crippen molar-refractivity contribution in [3.8, 4) is 5.75 Å². The highest BCUT2D eigenvalue weighted by atomic mass is 35.5. The van der Waals surface area contributed by atoms with Gasteiger partial charge in [-0.15, -0.1) is 0 Å². The van der Waals surface area contributed by atoms with Gasteiger partial charge < -0.3 is 9.47 Å². The molecule has 0 bridgehead atoms. The Labute approximate surface area is 193 Å². The minimum atomic E-state index is -0.581. The van der Waals surface area contributed by atoms with Crippen LogP contribution in [0.1, 0.15) is 77.6 Å². The molecule has 0 saturated carbocycles. The third-order valence-electron chi connectivity index (χ3n) is 4.31. The molecule has 1 aromatic carbocycles. The normalized spacial score (nSPS) is 10.8. The molecule has 1 aromatic rings. The standard InChI is InChI=1S/C21H28Cl4O4/c1-2-3-4-5-6-7-8-9-13-28-17(26)11-10-12-18(27)29-21-19(24)15(22)14-16(23)20(21)25/h14H,2-13H2,1H3. The van der Waals surface area contributed by atoms with Crippen LogP contribution in [0.4, 0.5) is 0 Å². The predicted molar refractivity (Wildman–Crippen MR) is 120 cm³/mol. The molecule has 4 nitrogen and oxygen atoms in total. The van der Waals surface area contributed by atoms with Crippen LogP contribution in [0.25, 0.3) is 0 Å². The van der Waals surface area contributed by atoms with Gasteiger partial charge in [-0.05, 0) is 18.9 Å². The molecule has 0 amide bonds. The van der Waals surface area contributed by atoms with Crippen LogP contribution in [0.15, 0.2) is 6.07 Å². The van der Waals surface area contributed by atoms with Gasteiger partial charge in [0.25, 0.3) is 0 Å².